The second-order valence-corrected chi connectivity index (χ2v) is 5.01. The Morgan fingerprint density at radius 3 is 2.65 bits per heavy atom. The number of H-pyrrole nitrogens is 1. The molecule has 0 saturated carbocycles. The van der Waals surface area contributed by atoms with Crippen LogP contribution in [0.25, 0.3) is 0 Å². The van der Waals surface area contributed by atoms with E-state index in [0.29, 0.717) is 12.2 Å². The van der Waals surface area contributed by atoms with Crippen LogP contribution in [0, 0.1) is 0 Å². The molecule has 0 aromatic carbocycles. The van der Waals surface area contributed by atoms with E-state index in [-0.39, 0.29) is 24.3 Å². The highest BCUT2D eigenvalue weighted by Crippen LogP contribution is 2.10. The monoisotopic (exact) mass is 240 g/mol. The van der Waals surface area contributed by atoms with Crippen LogP contribution in [0.15, 0.2) is 0 Å². The standard InChI is InChI=1S/C11H20N4O2/c1-7(2)8-12-9(15-14-8)10(17)13-11(3,4)5-6-16/h7,16H,5-6H2,1-4H3,(H,13,17)(H,12,14,15). The highest BCUT2D eigenvalue weighted by molar-refractivity contribution is 5.90. The van der Waals surface area contributed by atoms with Crippen molar-refractivity contribution in [2.45, 2.75) is 45.6 Å². The van der Waals surface area contributed by atoms with Gasteiger partial charge in [-0.2, -0.15) is 0 Å². The van der Waals surface area contributed by atoms with Crippen LogP contribution < -0.4 is 5.32 Å². The molecule has 3 N–H and O–H groups in total. The van der Waals surface area contributed by atoms with Gasteiger partial charge in [-0.05, 0) is 20.3 Å². The van der Waals surface area contributed by atoms with Crippen molar-refractivity contribution in [3.05, 3.63) is 11.6 Å². The lowest BCUT2D eigenvalue weighted by molar-refractivity contribution is 0.0889. The van der Waals surface area contributed by atoms with E-state index in [9.17, 15) is 4.79 Å². The third kappa shape index (κ3) is 3.81. The summed E-state index contributed by atoms with van der Waals surface area (Å²) in [5, 5.41) is 18.3. The largest absolute Gasteiger partial charge is 0.396 e. The summed E-state index contributed by atoms with van der Waals surface area (Å²) in [6.07, 6.45) is 0.486. The van der Waals surface area contributed by atoms with Crippen molar-refractivity contribution in [3.63, 3.8) is 0 Å². The SMILES string of the molecule is CC(C)c1nc(C(=O)NC(C)(C)CCO)n[nH]1. The predicted molar refractivity (Wildman–Crippen MR) is 63.7 cm³/mol. The van der Waals surface area contributed by atoms with E-state index < -0.39 is 5.54 Å². The van der Waals surface area contributed by atoms with Crippen molar-refractivity contribution in [3.8, 4) is 0 Å². The fraction of sp³-hybridized carbons (Fsp3) is 0.727. The minimum atomic E-state index is -0.468. The van der Waals surface area contributed by atoms with Gasteiger partial charge in [0.2, 0.25) is 5.82 Å². The molecule has 0 bridgehead atoms. The van der Waals surface area contributed by atoms with E-state index >= 15 is 0 Å². The van der Waals surface area contributed by atoms with Gasteiger partial charge in [-0.15, -0.1) is 5.10 Å². The number of aliphatic hydroxyl groups is 1. The number of hydrogen-bond acceptors (Lipinski definition) is 4. The van der Waals surface area contributed by atoms with Gasteiger partial charge in [-0.25, -0.2) is 4.98 Å². The second kappa shape index (κ2) is 5.27. The summed E-state index contributed by atoms with van der Waals surface area (Å²) in [5.74, 6) is 0.705. The molecular formula is C11H20N4O2. The summed E-state index contributed by atoms with van der Waals surface area (Å²) >= 11 is 0. The molecule has 0 aliphatic heterocycles. The molecule has 17 heavy (non-hydrogen) atoms. The lowest BCUT2D eigenvalue weighted by atomic mass is 10.0. The number of carbonyl (C=O) groups is 1. The van der Waals surface area contributed by atoms with Crippen molar-refractivity contribution >= 4 is 5.91 Å². The van der Waals surface area contributed by atoms with Gasteiger partial charge >= 0.3 is 0 Å². The van der Waals surface area contributed by atoms with E-state index in [1.54, 1.807) is 0 Å². The van der Waals surface area contributed by atoms with Crippen molar-refractivity contribution in [1.82, 2.24) is 20.5 Å². The zero-order valence-electron chi connectivity index (χ0n) is 10.7. The fourth-order valence-electron chi connectivity index (χ4n) is 1.34. The first-order chi connectivity index (χ1) is 7.85. The Morgan fingerprint density at radius 2 is 2.18 bits per heavy atom. The summed E-state index contributed by atoms with van der Waals surface area (Å²) in [4.78, 5) is 15.9. The fourth-order valence-corrected chi connectivity index (χ4v) is 1.34. The molecule has 1 aromatic heterocycles. The maximum atomic E-state index is 11.8. The minimum absolute atomic E-state index is 0.0263. The van der Waals surface area contributed by atoms with Gasteiger partial charge in [0.25, 0.3) is 5.91 Å². The van der Waals surface area contributed by atoms with Crippen LogP contribution in [0.5, 0.6) is 0 Å². The molecule has 0 aliphatic rings. The maximum Gasteiger partial charge on any atom is 0.291 e. The van der Waals surface area contributed by atoms with Crippen LogP contribution in [-0.2, 0) is 0 Å². The summed E-state index contributed by atoms with van der Waals surface area (Å²) in [5.41, 5.74) is -0.468. The van der Waals surface area contributed by atoms with Crippen LogP contribution in [-0.4, -0.2) is 38.3 Å². The normalized spacial score (nSPS) is 11.9. The molecular weight excluding hydrogens is 220 g/mol. The van der Waals surface area contributed by atoms with E-state index in [2.05, 4.69) is 20.5 Å². The Bertz CT molecular complexity index is 385. The molecule has 0 saturated heterocycles. The Kier molecular flexibility index (Phi) is 4.22. The molecule has 0 unspecified atom stereocenters. The second-order valence-electron chi connectivity index (χ2n) is 5.01. The molecule has 0 radical (unpaired) electrons. The first-order valence-electron chi connectivity index (χ1n) is 5.71. The van der Waals surface area contributed by atoms with Gasteiger partial charge in [0.15, 0.2) is 0 Å². The number of carbonyl (C=O) groups excluding carboxylic acids is 1. The van der Waals surface area contributed by atoms with Crippen LogP contribution in [0.2, 0.25) is 0 Å². The van der Waals surface area contributed by atoms with Gasteiger partial charge in [0.05, 0.1) is 0 Å². The molecule has 0 aliphatic carbocycles. The number of aromatic amines is 1. The molecule has 1 amide bonds. The zero-order chi connectivity index (χ0) is 13.1. The molecule has 96 valence electrons. The summed E-state index contributed by atoms with van der Waals surface area (Å²) in [6, 6.07) is 0. The Labute approximate surface area is 101 Å². The summed E-state index contributed by atoms with van der Waals surface area (Å²) in [7, 11) is 0. The van der Waals surface area contributed by atoms with Gasteiger partial charge < -0.3 is 10.4 Å². The Balaban J connectivity index is 2.69. The van der Waals surface area contributed by atoms with Gasteiger partial charge in [0.1, 0.15) is 5.82 Å². The molecule has 0 atom stereocenters. The highest BCUT2D eigenvalue weighted by atomic mass is 16.3. The Hall–Kier alpha value is -1.43. The third-order valence-electron chi connectivity index (χ3n) is 2.44. The number of hydrogen-bond donors (Lipinski definition) is 3. The van der Waals surface area contributed by atoms with E-state index in [1.165, 1.54) is 0 Å². The van der Waals surface area contributed by atoms with E-state index in [0.717, 1.165) is 0 Å². The van der Waals surface area contributed by atoms with Crippen molar-refractivity contribution < 1.29 is 9.90 Å². The molecule has 1 rings (SSSR count). The highest BCUT2D eigenvalue weighted by Gasteiger charge is 2.23. The Morgan fingerprint density at radius 1 is 1.53 bits per heavy atom. The molecule has 1 aromatic rings. The number of nitrogens with one attached hydrogen (secondary N) is 2. The number of nitrogens with zero attached hydrogens (tertiary/aromatic N) is 2. The van der Waals surface area contributed by atoms with E-state index in [1.807, 2.05) is 27.7 Å². The first kappa shape index (κ1) is 13.6. The van der Waals surface area contributed by atoms with Crippen molar-refractivity contribution in [1.29, 1.82) is 0 Å². The van der Waals surface area contributed by atoms with Crippen LogP contribution in [0.3, 0.4) is 0 Å². The van der Waals surface area contributed by atoms with E-state index in [4.69, 9.17) is 5.11 Å². The van der Waals surface area contributed by atoms with Crippen molar-refractivity contribution in [2.75, 3.05) is 6.61 Å². The molecule has 6 nitrogen and oxygen atoms in total. The smallest absolute Gasteiger partial charge is 0.291 e. The van der Waals surface area contributed by atoms with Crippen LogP contribution in [0.4, 0.5) is 0 Å². The summed E-state index contributed by atoms with van der Waals surface area (Å²) in [6.45, 7) is 7.66. The summed E-state index contributed by atoms with van der Waals surface area (Å²) < 4.78 is 0. The predicted octanol–water partition coefficient (Wildman–Crippen LogP) is 0.819. The molecule has 1 heterocycles. The molecule has 0 spiro atoms. The third-order valence-corrected chi connectivity index (χ3v) is 2.44. The number of amides is 1. The zero-order valence-corrected chi connectivity index (χ0v) is 10.7. The van der Waals surface area contributed by atoms with Crippen LogP contribution >= 0.6 is 0 Å². The lowest BCUT2D eigenvalue weighted by Gasteiger charge is -2.24. The number of rotatable bonds is 5. The topological polar surface area (TPSA) is 90.9 Å². The van der Waals surface area contributed by atoms with Crippen LogP contribution in [0.1, 0.15) is 56.5 Å². The molecule has 6 heteroatoms. The lowest BCUT2D eigenvalue weighted by Crippen LogP contribution is -2.44. The first-order valence-corrected chi connectivity index (χ1v) is 5.71. The average molecular weight is 240 g/mol. The number of aromatic nitrogens is 3. The minimum Gasteiger partial charge on any atom is -0.396 e. The average Bonchev–Trinajstić information content (AvgIpc) is 2.64. The van der Waals surface area contributed by atoms with Gasteiger partial charge in [0, 0.05) is 18.1 Å². The quantitative estimate of drug-likeness (QED) is 0.710. The van der Waals surface area contributed by atoms with Gasteiger partial charge in [-0.3, -0.25) is 9.89 Å². The maximum absolute atomic E-state index is 11.8. The van der Waals surface area contributed by atoms with Gasteiger partial charge in [-0.1, -0.05) is 13.8 Å². The number of aliphatic hydroxyl groups excluding tert-OH is 1. The van der Waals surface area contributed by atoms with Crippen molar-refractivity contribution in [2.24, 2.45) is 0 Å². The molecule has 0 fully saturated rings.